The maximum Gasteiger partial charge on any atom is 0.00957 e. The fourth-order valence-electron chi connectivity index (χ4n) is 7.01. The van der Waals surface area contributed by atoms with Gasteiger partial charge in [-0.15, -0.1) is 0 Å². The summed E-state index contributed by atoms with van der Waals surface area (Å²) in [5.74, 6) is 2.90. The van der Waals surface area contributed by atoms with Gasteiger partial charge in [-0.1, -0.05) is 62.4 Å². The van der Waals surface area contributed by atoms with Gasteiger partial charge in [-0.2, -0.15) is 0 Å². The van der Waals surface area contributed by atoms with Crippen LogP contribution >= 0.6 is 0 Å². The molecule has 0 bridgehead atoms. The van der Waals surface area contributed by atoms with Gasteiger partial charge in [0.2, 0.25) is 0 Å². The minimum Gasteiger partial charge on any atom is -0.327 e. The first-order valence-electron chi connectivity index (χ1n) is 11.0. The largest absolute Gasteiger partial charge is 0.327 e. The monoisotopic (exact) mass is 359 g/mol. The second-order valence-electron chi connectivity index (χ2n) is 9.70. The normalized spacial score (nSPS) is 35.8. The first kappa shape index (κ1) is 17.5. The van der Waals surface area contributed by atoms with Crippen LogP contribution in [-0.4, -0.2) is 6.04 Å². The zero-order valence-corrected chi connectivity index (χ0v) is 16.8. The Morgan fingerprint density at radius 2 is 1.78 bits per heavy atom. The average molecular weight is 360 g/mol. The summed E-state index contributed by atoms with van der Waals surface area (Å²) in [6, 6.07) is 18.6. The molecule has 2 fully saturated rings. The summed E-state index contributed by atoms with van der Waals surface area (Å²) in [6.07, 6.45) is 7.86. The van der Waals surface area contributed by atoms with Gasteiger partial charge in [0.1, 0.15) is 0 Å². The lowest BCUT2D eigenvalue weighted by atomic mass is 9.54. The summed E-state index contributed by atoms with van der Waals surface area (Å²) in [4.78, 5) is 0. The molecule has 3 aliphatic rings. The Labute approximate surface area is 164 Å². The van der Waals surface area contributed by atoms with Crippen molar-refractivity contribution in [2.45, 2.75) is 70.3 Å². The van der Waals surface area contributed by atoms with Crippen molar-refractivity contribution in [3.05, 3.63) is 70.8 Å². The van der Waals surface area contributed by atoms with Crippen LogP contribution in [0, 0.1) is 17.3 Å². The highest BCUT2D eigenvalue weighted by atomic mass is 14.7. The topological polar surface area (TPSA) is 26.0 Å². The molecule has 1 nitrogen and oxygen atoms in total. The van der Waals surface area contributed by atoms with Gasteiger partial charge in [-0.05, 0) is 83.9 Å². The summed E-state index contributed by atoms with van der Waals surface area (Å²) in [5.41, 5.74) is 13.3. The smallest absolute Gasteiger partial charge is 0.00957 e. The van der Waals surface area contributed by atoms with Crippen molar-refractivity contribution in [2.75, 3.05) is 0 Å². The molecule has 3 aliphatic carbocycles. The average Bonchev–Trinajstić information content (AvgIpc) is 3.02. The van der Waals surface area contributed by atoms with Crippen molar-refractivity contribution in [3.63, 3.8) is 0 Å². The van der Waals surface area contributed by atoms with Gasteiger partial charge in [0.05, 0.1) is 0 Å². The lowest BCUT2D eigenvalue weighted by Crippen LogP contribution is -2.46. The SMILES string of the molecule is CC(c1ccccc1)c1cccc2c1[C@H]1CC[C@]3(C)C(N)CC[C@H]3[C@@H]1CC2. The van der Waals surface area contributed by atoms with E-state index >= 15 is 0 Å². The third-order valence-corrected chi connectivity index (χ3v) is 8.62. The predicted molar refractivity (Wildman–Crippen MR) is 113 cm³/mol. The van der Waals surface area contributed by atoms with Crippen molar-refractivity contribution < 1.29 is 0 Å². The fraction of sp³-hybridized carbons (Fsp3) is 0.538. The van der Waals surface area contributed by atoms with E-state index in [2.05, 4.69) is 62.4 Å². The highest BCUT2D eigenvalue weighted by Gasteiger charge is 2.54. The second kappa shape index (κ2) is 6.48. The van der Waals surface area contributed by atoms with Crippen molar-refractivity contribution in [1.29, 1.82) is 0 Å². The van der Waals surface area contributed by atoms with Gasteiger partial charge >= 0.3 is 0 Å². The van der Waals surface area contributed by atoms with Crippen LogP contribution in [0.4, 0.5) is 0 Å². The molecule has 2 unspecified atom stereocenters. The highest BCUT2D eigenvalue weighted by molar-refractivity contribution is 5.46. The number of rotatable bonds is 2. The molecular formula is C26H33N. The molecular weight excluding hydrogens is 326 g/mol. The number of fused-ring (bicyclic) bond motifs is 5. The number of aryl methyl sites for hydroxylation is 1. The van der Waals surface area contributed by atoms with Gasteiger partial charge in [-0.3, -0.25) is 0 Å². The Balaban J connectivity index is 1.56. The van der Waals surface area contributed by atoms with Gasteiger partial charge in [0.25, 0.3) is 0 Å². The molecule has 0 amide bonds. The van der Waals surface area contributed by atoms with Crippen LogP contribution in [0.25, 0.3) is 0 Å². The van der Waals surface area contributed by atoms with Crippen molar-refractivity contribution >= 4 is 0 Å². The first-order valence-corrected chi connectivity index (χ1v) is 11.0. The Morgan fingerprint density at radius 1 is 0.963 bits per heavy atom. The molecule has 2 aromatic rings. The summed E-state index contributed by atoms with van der Waals surface area (Å²) >= 11 is 0. The Hall–Kier alpha value is -1.60. The van der Waals surface area contributed by atoms with Crippen LogP contribution in [0.1, 0.15) is 80.0 Å². The molecule has 0 heterocycles. The van der Waals surface area contributed by atoms with Crippen LogP contribution in [0.2, 0.25) is 0 Å². The highest BCUT2D eigenvalue weighted by Crippen LogP contribution is 2.61. The van der Waals surface area contributed by atoms with E-state index in [1.165, 1.54) is 44.1 Å². The Bertz CT molecular complexity index is 825. The lowest BCUT2D eigenvalue weighted by Gasteiger charge is -2.51. The second-order valence-corrected chi connectivity index (χ2v) is 9.70. The van der Waals surface area contributed by atoms with Crippen molar-refractivity contribution in [1.82, 2.24) is 0 Å². The zero-order chi connectivity index (χ0) is 18.6. The summed E-state index contributed by atoms with van der Waals surface area (Å²) in [7, 11) is 0. The van der Waals surface area contributed by atoms with Gasteiger partial charge < -0.3 is 5.73 Å². The lowest BCUT2D eigenvalue weighted by molar-refractivity contribution is 0.0493. The number of hydrogen-bond donors (Lipinski definition) is 1. The predicted octanol–water partition coefficient (Wildman–Crippen LogP) is 6.02. The van der Waals surface area contributed by atoms with E-state index in [0.29, 0.717) is 17.4 Å². The molecule has 2 aromatic carbocycles. The maximum absolute atomic E-state index is 6.59. The summed E-state index contributed by atoms with van der Waals surface area (Å²) < 4.78 is 0. The van der Waals surface area contributed by atoms with E-state index in [1.807, 2.05) is 0 Å². The zero-order valence-electron chi connectivity index (χ0n) is 16.8. The van der Waals surface area contributed by atoms with E-state index in [4.69, 9.17) is 5.73 Å². The van der Waals surface area contributed by atoms with Crippen LogP contribution in [-0.2, 0) is 6.42 Å². The van der Waals surface area contributed by atoms with Crippen LogP contribution in [0.5, 0.6) is 0 Å². The number of nitrogens with two attached hydrogens (primary N) is 1. The van der Waals surface area contributed by atoms with E-state index in [-0.39, 0.29) is 0 Å². The molecule has 0 spiro atoms. The van der Waals surface area contributed by atoms with Crippen LogP contribution in [0.3, 0.4) is 0 Å². The minimum atomic E-state index is 0.388. The quantitative estimate of drug-likeness (QED) is 0.697. The van der Waals surface area contributed by atoms with E-state index in [0.717, 1.165) is 17.8 Å². The van der Waals surface area contributed by atoms with Gasteiger partial charge in [0.15, 0.2) is 0 Å². The Kier molecular flexibility index (Phi) is 4.20. The number of hydrogen-bond acceptors (Lipinski definition) is 1. The fourth-order valence-corrected chi connectivity index (χ4v) is 7.01. The minimum absolute atomic E-state index is 0.388. The third-order valence-electron chi connectivity index (χ3n) is 8.62. The summed E-state index contributed by atoms with van der Waals surface area (Å²) in [6.45, 7) is 4.90. The van der Waals surface area contributed by atoms with Crippen molar-refractivity contribution in [2.24, 2.45) is 23.0 Å². The molecule has 2 N–H and O–H groups in total. The van der Waals surface area contributed by atoms with E-state index in [1.54, 1.807) is 16.7 Å². The molecule has 1 heteroatoms. The van der Waals surface area contributed by atoms with E-state index < -0.39 is 0 Å². The standard InChI is InChI=1S/C26H33N/c1-17(18-7-4-3-5-8-18)20-10-6-9-19-11-12-21-22(25(19)20)15-16-26(2)23(21)13-14-24(26)27/h3-10,17,21-24H,11-16,27H2,1-2H3/t17?,21-,22+,23+,24?,26+/m1/s1. The van der Waals surface area contributed by atoms with E-state index in [9.17, 15) is 0 Å². The van der Waals surface area contributed by atoms with Crippen molar-refractivity contribution in [3.8, 4) is 0 Å². The van der Waals surface area contributed by atoms with Gasteiger partial charge in [0, 0.05) is 12.0 Å². The van der Waals surface area contributed by atoms with Gasteiger partial charge in [-0.25, -0.2) is 0 Å². The molecule has 6 atom stereocenters. The molecule has 0 aromatic heterocycles. The molecule has 142 valence electrons. The molecule has 2 saturated carbocycles. The Morgan fingerprint density at radius 3 is 2.59 bits per heavy atom. The van der Waals surface area contributed by atoms with Crippen LogP contribution in [0.15, 0.2) is 48.5 Å². The third kappa shape index (κ3) is 2.62. The molecule has 5 rings (SSSR count). The number of benzene rings is 2. The molecule has 27 heavy (non-hydrogen) atoms. The summed E-state index contributed by atoms with van der Waals surface area (Å²) in [5, 5.41) is 0. The first-order chi connectivity index (χ1) is 13.1. The molecule has 0 aliphatic heterocycles. The van der Waals surface area contributed by atoms with Crippen LogP contribution < -0.4 is 5.73 Å². The maximum atomic E-state index is 6.59. The molecule has 0 saturated heterocycles. The molecule has 0 radical (unpaired) electrons.